The number of hydrogen-bond acceptors (Lipinski definition) is 10. The van der Waals surface area contributed by atoms with E-state index in [1.165, 1.54) is 18.2 Å². The monoisotopic (exact) mass is 535 g/mol. The average molecular weight is 536 g/mol. The van der Waals surface area contributed by atoms with Gasteiger partial charge in [-0.3, -0.25) is 9.59 Å². The van der Waals surface area contributed by atoms with Crippen molar-refractivity contribution >= 4 is 23.1 Å². The first-order valence-electron chi connectivity index (χ1n) is 13.1. The largest absolute Gasteiger partial charge is 0.507 e. The lowest BCUT2D eigenvalue weighted by Gasteiger charge is -2.39. The predicted octanol–water partition coefficient (Wildman–Crippen LogP) is 2.77. The van der Waals surface area contributed by atoms with Crippen LogP contribution in [0.3, 0.4) is 0 Å². The molecule has 1 aliphatic carbocycles. The Morgan fingerprint density at radius 2 is 1.87 bits per heavy atom. The molecular weight excluding hydrogens is 506 g/mol. The Morgan fingerprint density at radius 3 is 2.59 bits per heavy atom. The van der Waals surface area contributed by atoms with Gasteiger partial charge in [0, 0.05) is 23.1 Å². The molecular formula is C29H29NO9. The number of ketones is 2. The summed E-state index contributed by atoms with van der Waals surface area (Å²) in [4.78, 5) is 43.0. The average Bonchev–Trinajstić information content (AvgIpc) is 3.21. The van der Waals surface area contributed by atoms with Crippen LogP contribution in [0.1, 0.15) is 76.7 Å². The SMILES string of the molecule is CCC[C@H]1C(=O)OC2c3cc(C)cc(O)c3C3=C(C(=O)c4c(O[C@H]5C[C@@H](O)[C@@H](O)[C@H](C)O5)cccc4C3=O)N21. The van der Waals surface area contributed by atoms with Crippen LogP contribution in [0.15, 0.2) is 36.0 Å². The number of aliphatic hydroxyl groups excluding tert-OH is 2. The molecule has 1 unspecified atom stereocenters. The molecule has 0 radical (unpaired) electrons. The smallest absolute Gasteiger partial charge is 0.331 e. The third-order valence-electron chi connectivity index (χ3n) is 7.83. The van der Waals surface area contributed by atoms with Crippen LogP contribution in [0.4, 0.5) is 0 Å². The number of hydrogen-bond donors (Lipinski definition) is 3. The van der Waals surface area contributed by atoms with Crippen LogP contribution in [0.5, 0.6) is 11.5 Å². The van der Waals surface area contributed by atoms with Gasteiger partial charge in [0.1, 0.15) is 29.3 Å². The number of aliphatic hydroxyl groups is 2. The summed E-state index contributed by atoms with van der Waals surface area (Å²) >= 11 is 0. The highest BCUT2D eigenvalue weighted by Gasteiger charge is 2.53. The normalized spacial score (nSPS) is 29.5. The van der Waals surface area contributed by atoms with Gasteiger partial charge < -0.3 is 34.4 Å². The molecule has 0 amide bonds. The first kappa shape index (κ1) is 25.5. The Labute approximate surface area is 224 Å². The Kier molecular flexibility index (Phi) is 6.01. The summed E-state index contributed by atoms with van der Waals surface area (Å²) in [5.41, 5.74) is 1.44. The maximum Gasteiger partial charge on any atom is 0.331 e. The van der Waals surface area contributed by atoms with Gasteiger partial charge in [-0.25, -0.2) is 4.79 Å². The molecule has 2 saturated heterocycles. The molecule has 6 atom stereocenters. The molecule has 3 heterocycles. The molecule has 2 aromatic rings. The molecule has 10 nitrogen and oxygen atoms in total. The number of rotatable bonds is 4. The summed E-state index contributed by atoms with van der Waals surface area (Å²) in [5.74, 6) is -1.65. The van der Waals surface area contributed by atoms with E-state index in [0.29, 0.717) is 24.0 Å². The number of aromatic hydroxyl groups is 1. The van der Waals surface area contributed by atoms with Crippen LogP contribution in [0.25, 0.3) is 5.57 Å². The van der Waals surface area contributed by atoms with Crippen LogP contribution < -0.4 is 4.74 Å². The maximum absolute atomic E-state index is 14.3. The van der Waals surface area contributed by atoms with Gasteiger partial charge >= 0.3 is 5.97 Å². The number of Topliss-reactive ketones (excluding diaryl/α,β-unsaturated/α-hetero) is 2. The fourth-order valence-corrected chi connectivity index (χ4v) is 6.05. The number of benzene rings is 2. The molecule has 6 rings (SSSR count). The Balaban J connectivity index is 1.51. The van der Waals surface area contributed by atoms with Crippen LogP contribution in [-0.4, -0.2) is 68.4 Å². The minimum Gasteiger partial charge on any atom is -0.507 e. The number of phenols is 1. The van der Waals surface area contributed by atoms with Gasteiger partial charge in [0.2, 0.25) is 18.3 Å². The Bertz CT molecular complexity index is 1430. The lowest BCUT2D eigenvalue weighted by Crippen LogP contribution is -2.48. The molecule has 0 spiro atoms. The summed E-state index contributed by atoms with van der Waals surface area (Å²) in [6, 6.07) is 7.10. The van der Waals surface area contributed by atoms with Gasteiger partial charge in [-0.15, -0.1) is 0 Å². The van der Waals surface area contributed by atoms with E-state index in [1.807, 2.05) is 6.92 Å². The van der Waals surface area contributed by atoms with Gasteiger partial charge in [0.25, 0.3) is 0 Å². The second kappa shape index (κ2) is 9.18. The second-order valence-electron chi connectivity index (χ2n) is 10.5. The molecule has 2 fully saturated rings. The minimum absolute atomic E-state index is 0.00140. The quantitative estimate of drug-likeness (QED) is 0.500. The van der Waals surface area contributed by atoms with Gasteiger partial charge in [0.05, 0.1) is 23.3 Å². The van der Waals surface area contributed by atoms with Crippen LogP contribution >= 0.6 is 0 Å². The van der Waals surface area contributed by atoms with E-state index in [0.717, 1.165) is 0 Å². The number of carbonyl (C=O) groups is 3. The first-order valence-corrected chi connectivity index (χ1v) is 13.1. The molecule has 2 aromatic carbocycles. The highest BCUT2D eigenvalue weighted by atomic mass is 16.7. The van der Waals surface area contributed by atoms with Gasteiger partial charge in [-0.05, 0) is 44.0 Å². The van der Waals surface area contributed by atoms with Gasteiger partial charge in [-0.2, -0.15) is 0 Å². The highest BCUT2D eigenvalue weighted by molar-refractivity contribution is 6.41. The Hall–Kier alpha value is -3.73. The van der Waals surface area contributed by atoms with E-state index in [9.17, 15) is 29.7 Å². The molecule has 204 valence electrons. The first-order chi connectivity index (χ1) is 18.6. The summed E-state index contributed by atoms with van der Waals surface area (Å²) in [5, 5.41) is 31.2. The number of carbonyl (C=O) groups excluding carboxylic acids is 3. The third-order valence-corrected chi connectivity index (χ3v) is 7.83. The number of nitrogens with zero attached hydrogens (tertiary/aromatic N) is 1. The molecule has 39 heavy (non-hydrogen) atoms. The molecule has 3 aliphatic heterocycles. The van der Waals surface area contributed by atoms with Crippen molar-refractivity contribution < 1.29 is 43.9 Å². The van der Waals surface area contributed by atoms with Gasteiger partial charge in [0.15, 0.2) is 5.78 Å². The van der Waals surface area contributed by atoms with Crippen LogP contribution in [0, 0.1) is 6.92 Å². The highest BCUT2D eigenvalue weighted by Crippen LogP contribution is 2.52. The lowest BCUT2D eigenvalue weighted by atomic mass is 9.78. The van der Waals surface area contributed by atoms with Crippen molar-refractivity contribution in [1.29, 1.82) is 0 Å². The van der Waals surface area contributed by atoms with Crippen molar-refractivity contribution in [2.24, 2.45) is 0 Å². The molecule has 3 N–H and O–H groups in total. The predicted molar refractivity (Wildman–Crippen MR) is 136 cm³/mol. The number of phenolic OH excluding ortho intramolecular Hbond substituents is 1. The van der Waals surface area contributed by atoms with Crippen molar-refractivity contribution in [2.75, 3.05) is 0 Å². The Morgan fingerprint density at radius 1 is 1.10 bits per heavy atom. The zero-order chi connectivity index (χ0) is 27.7. The second-order valence-corrected chi connectivity index (χ2v) is 10.5. The van der Waals surface area contributed by atoms with E-state index >= 15 is 0 Å². The number of fused-ring (bicyclic) bond motifs is 6. The van der Waals surface area contributed by atoms with Crippen molar-refractivity contribution in [1.82, 2.24) is 4.90 Å². The van der Waals surface area contributed by atoms with Crippen molar-refractivity contribution in [3.63, 3.8) is 0 Å². The fraction of sp³-hybridized carbons (Fsp3) is 0.414. The molecule has 0 bridgehead atoms. The van der Waals surface area contributed by atoms with Crippen LogP contribution in [0.2, 0.25) is 0 Å². The standard InChI is InChI=1S/C29H29NO9/c1-4-6-16-29(36)39-28-15-9-12(2)10-17(31)21(15)23-24(30(16)28)27(35)22-14(26(23)34)7-5-8-19(22)38-20-11-18(32)25(33)13(3)37-20/h5,7-10,13,16,18,20,25,28,31-33H,4,6,11H2,1-3H3/t13-,16-,18+,20-,25-,28?/m0/s1. The number of allylic oxidation sites excluding steroid dienone is 2. The molecule has 0 aromatic heterocycles. The summed E-state index contributed by atoms with van der Waals surface area (Å²) < 4.78 is 17.4. The van der Waals surface area contributed by atoms with E-state index < -0.39 is 54.4 Å². The zero-order valence-electron chi connectivity index (χ0n) is 21.7. The van der Waals surface area contributed by atoms with Crippen LogP contribution in [-0.2, 0) is 14.3 Å². The topological polar surface area (TPSA) is 143 Å². The zero-order valence-corrected chi connectivity index (χ0v) is 21.7. The van der Waals surface area contributed by atoms with E-state index in [-0.39, 0.29) is 45.9 Å². The number of ether oxygens (including phenoxy) is 3. The maximum atomic E-state index is 14.3. The van der Waals surface area contributed by atoms with E-state index in [2.05, 4.69) is 0 Å². The van der Waals surface area contributed by atoms with Crippen molar-refractivity contribution in [3.05, 3.63) is 63.8 Å². The summed E-state index contributed by atoms with van der Waals surface area (Å²) in [6.45, 7) is 5.29. The van der Waals surface area contributed by atoms with E-state index in [4.69, 9.17) is 14.2 Å². The molecule has 0 saturated carbocycles. The third kappa shape index (κ3) is 3.77. The van der Waals surface area contributed by atoms with Crippen molar-refractivity contribution in [3.8, 4) is 11.5 Å². The molecule has 10 heteroatoms. The number of esters is 1. The van der Waals surface area contributed by atoms with E-state index in [1.54, 1.807) is 30.9 Å². The summed E-state index contributed by atoms with van der Waals surface area (Å²) in [6.07, 6.45) is -3.83. The lowest BCUT2D eigenvalue weighted by molar-refractivity contribution is -0.216. The molecule has 4 aliphatic rings. The van der Waals surface area contributed by atoms with Crippen molar-refractivity contribution in [2.45, 2.75) is 76.9 Å². The number of aryl methyl sites for hydroxylation is 1. The van der Waals surface area contributed by atoms with Gasteiger partial charge in [-0.1, -0.05) is 25.5 Å². The minimum atomic E-state index is -1.09. The fourth-order valence-electron chi connectivity index (χ4n) is 6.05. The summed E-state index contributed by atoms with van der Waals surface area (Å²) in [7, 11) is 0.